The molecular formula is C26H31N3O2. The average Bonchev–Trinajstić information content (AvgIpc) is 3.29. The van der Waals surface area contributed by atoms with Crippen molar-refractivity contribution < 1.29 is 9.84 Å². The molecule has 0 aliphatic carbocycles. The second-order valence-corrected chi connectivity index (χ2v) is 8.88. The van der Waals surface area contributed by atoms with Gasteiger partial charge in [0.1, 0.15) is 0 Å². The summed E-state index contributed by atoms with van der Waals surface area (Å²) in [5.74, 6) is 1.91. The summed E-state index contributed by atoms with van der Waals surface area (Å²) in [6, 6.07) is 21.7. The molecule has 3 aromatic rings. The molecule has 2 unspecified atom stereocenters. The monoisotopic (exact) mass is 417 g/mol. The van der Waals surface area contributed by atoms with Crippen molar-refractivity contribution in [2.75, 3.05) is 26.7 Å². The third-order valence-electron chi connectivity index (χ3n) is 7.02. The Kier molecular flexibility index (Phi) is 5.81. The number of hydrogen-bond acceptors (Lipinski definition) is 5. The molecule has 162 valence electrons. The number of hydrazine groups is 1. The number of benzene rings is 3. The summed E-state index contributed by atoms with van der Waals surface area (Å²) in [7, 11) is 1.58. The van der Waals surface area contributed by atoms with Gasteiger partial charge in [-0.05, 0) is 65.9 Å². The van der Waals surface area contributed by atoms with Gasteiger partial charge < -0.3 is 9.84 Å². The number of nitrogens with zero attached hydrogens (tertiary/aromatic N) is 1. The molecule has 0 amide bonds. The normalized spacial score (nSPS) is 22.7. The summed E-state index contributed by atoms with van der Waals surface area (Å²) in [6.45, 7) is 4.02. The fraction of sp³-hybridized carbons (Fsp3) is 0.385. The van der Waals surface area contributed by atoms with Gasteiger partial charge in [-0.3, -0.25) is 15.8 Å². The van der Waals surface area contributed by atoms with Gasteiger partial charge in [-0.1, -0.05) is 48.5 Å². The van der Waals surface area contributed by atoms with Crippen molar-refractivity contribution in [2.24, 2.45) is 5.92 Å². The van der Waals surface area contributed by atoms with E-state index in [1.807, 2.05) is 18.2 Å². The van der Waals surface area contributed by atoms with E-state index in [4.69, 9.17) is 4.74 Å². The van der Waals surface area contributed by atoms with E-state index in [1.165, 1.54) is 29.2 Å². The van der Waals surface area contributed by atoms with E-state index in [0.29, 0.717) is 23.6 Å². The number of hydrogen-bond donors (Lipinski definition) is 3. The quantitative estimate of drug-likeness (QED) is 0.585. The maximum atomic E-state index is 10.1. The highest BCUT2D eigenvalue weighted by Crippen LogP contribution is 2.34. The lowest BCUT2D eigenvalue weighted by Crippen LogP contribution is -2.44. The van der Waals surface area contributed by atoms with Crippen LogP contribution in [-0.4, -0.2) is 42.8 Å². The lowest BCUT2D eigenvalue weighted by Gasteiger charge is -2.36. The van der Waals surface area contributed by atoms with Gasteiger partial charge in [0.15, 0.2) is 11.5 Å². The maximum absolute atomic E-state index is 10.1. The molecule has 0 radical (unpaired) electrons. The lowest BCUT2D eigenvalue weighted by atomic mass is 9.80. The molecule has 5 rings (SSSR count). The molecule has 3 aromatic carbocycles. The summed E-state index contributed by atoms with van der Waals surface area (Å²) < 4.78 is 5.15. The van der Waals surface area contributed by atoms with Gasteiger partial charge in [0.25, 0.3) is 0 Å². The van der Waals surface area contributed by atoms with Gasteiger partial charge in [0.2, 0.25) is 0 Å². The summed E-state index contributed by atoms with van der Waals surface area (Å²) >= 11 is 0. The second kappa shape index (κ2) is 8.87. The molecule has 0 saturated carbocycles. The summed E-state index contributed by atoms with van der Waals surface area (Å²) in [6.07, 6.45) is 2.37. The van der Waals surface area contributed by atoms with E-state index in [0.717, 1.165) is 31.7 Å². The van der Waals surface area contributed by atoms with Crippen LogP contribution >= 0.6 is 0 Å². The van der Waals surface area contributed by atoms with Crippen LogP contribution in [-0.2, 0) is 6.54 Å². The molecule has 5 heteroatoms. The number of aromatic hydroxyl groups is 1. The van der Waals surface area contributed by atoms with Crippen LogP contribution in [0.3, 0.4) is 0 Å². The van der Waals surface area contributed by atoms with Crippen molar-refractivity contribution in [3.05, 3.63) is 71.8 Å². The van der Waals surface area contributed by atoms with E-state index in [1.54, 1.807) is 7.11 Å². The van der Waals surface area contributed by atoms with Gasteiger partial charge in [-0.25, -0.2) is 0 Å². The first-order valence-electron chi connectivity index (χ1n) is 11.3. The maximum Gasteiger partial charge on any atom is 0.160 e. The highest BCUT2D eigenvalue weighted by atomic mass is 16.5. The number of nitrogens with one attached hydrogen (secondary N) is 2. The molecule has 2 atom stereocenters. The molecule has 31 heavy (non-hydrogen) atoms. The molecule has 2 aliphatic heterocycles. The molecule has 2 fully saturated rings. The van der Waals surface area contributed by atoms with Gasteiger partial charge in [0, 0.05) is 25.0 Å². The third-order valence-corrected chi connectivity index (χ3v) is 7.02. The number of methoxy groups -OCH3 is 1. The lowest BCUT2D eigenvalue weighted by molar-refractivity contribution is 0.152. The molecule has 5 nitrogen and oxygen atoms in total. The Morgan fingerprint density at radius 2 is 1.81 bits per heavy atom. The second-order valence-electron chi connectivity index (χ2n) is 8.88. The summed E-state index contributed by atoms with van der Waals surface area (Å²) in [5, 5.41) is 12.7. The van der Waals surface area contributed by atoms with Crippen molar-refractivity contribution in [1.29, 1.82) is 0 Å². The van der Waals surface area contributed by atoms with E-state index >= 15 is 0 Å². The van der Waals surface area contributed by atoms with Gasteiger partial charge >= 0.3 is 0 Å². The smallest absolute Gasteiger partial charge is 0.160 e. The fourth-order valence-electron chi connectivity index (χ4n) is 5.29. The fourth-order valence-corrected chi connectivity index (χ4v) is 5.29. The van der Waals surface area contributed by atoms with E-state index in [9.17, 15) is 5.11 Å². The predicted octanol–water partition coefficient (Wildman–Crippen LogP) is 4.03. The zero-order valence-corrected chi connectivity index (χ0v) is 18.1. The number of likely N-dealkylation sites (tertiary alicyclic amines) is 1. The van der Waals surface area contributed by atoms with Gasteiger partial charge in [-0.15, -0.1) is 0 Å². The van der Waals surface area contributed by atoms with Crippen LogP contribution < -0.4 is 15.6 Å². The zero-order chi connectivity index (χ0) is 21.2. The minimum absolute atomic E-state index is 0.217. The van der Waals surface area contributed by atoms with Gasteiger partial charge in [-0.2, -0.15) is 0 Å². The van der Waals surface area contributed by atoms with Crippen LogP contribution in [0.2, 0.25) is 0 Å². The van der Waals surface area contributed by atoms with Crippen LogP contribution in [0.15, 0.2) is 60.7 Å². The number of phenolic OH excluding ortho intramolecular Hbond substituents is 1. The molecule has 0 bridgehead atoms. The Hall–Kier alpha value is -2.60. The standard InChI is InChI=1S/C26H31N3O2/c1-31-25-9-6-18(14-24(25)30)17-29-12-10-20(11-13-29)26-23(16-27-28-26)22-8-7-19-4-2-3-5-21(19)15-22/h2-9,14-15,20,23,26-28,30H,10-13,16-17H2,1H3. The Balaban J connectivity index is 1.22. The average molecular weight is 418 g/mol. The van der Waals surface area contributed by atoms with Crippen LogP contribution in [0.25, 0.3) is 10.8 Å². The molecule has 2 heterocycles. The largest absolute Gasteiger partial charge is 0.504 e. The first-order chi connectivity index (χ1) is 15.2. The minimum Gasteiger partial charge on any atom is -0.504 e. The SMILES string of the molecule is COc1ccc(CN2CCC(C3NNCC3c3ccc4ccccc4c3)CC2)cc1O. The number of piperidine rings is 1. The van der Waals surface area contributed by atoms with Crippen LogP contribution in [0, 0.1) is 5.92 Å². The molecular weight excluding hydrogens is 386 g/mol. The van der Waals surface area contributed by atoms with Crippen molar-refractivity contribution in [2.45, 2.75) is 31.3 Å². The zero-order valence-electron chi connectivity index (χ0n) is 18.1. The number of rotatable bonds is 5. The molecule has 0 spiro atoms. The first-order valence-corrected chi connectivity index (χ1v) is 11.3. The number of phenols is 1. The van der Waals surface area contributed by atoms with E-state index < -0.39 is 0 Å². The van der Waals surface area contributed by atoms with Crippen molar-refractivity contribution >= 4 is 10.8 Å². The highest BCUT2D eigenvalue weighted by Gasteiger charge is 2.36. The summed E-state index contributed by atoms with van der Waals surface area (Å²) in [5.41, 5.74) is 9.58. The Labute approximate surface area is 184 Å². The highest BCUT2D eigenvalue weighted by molar-refractivity contribution is 5.83. The summed E-state index contributed by atoms with van der Waals surface area (Å²) in [4.78, 5) is 2.49. The van der Waals surface area contributed by atoms with Crippen molar-refractivity contribution in [1.82, 2.24) is 15.8 Å². The Morgan fingerprint density at radius 3 is 2.58 bits per heavy atom. The van der Waals surface area contributed by atoms with Crippen molar-refractivity contribution in [3.63, 3.8) is 0 Å². The van der Waals surface area contributed by atoms with Crippen LogP contribution in [0.5, 0.6) is 11.5 Å². The Bertz CT molecular complexity index is 1050. The van der Waals surface area contributed by atoms with Gasteiger partial charge in [0.05, 0.1) is 7.11 Å². The first kappa shape index (κ1) is 20.3. The third kappa shape index (κ3) is 4.26. The molecule has 2 aliphatic rings. The Morgan fingerprint density at radius 1 is 1.00 bits per heavy atom. The predicted molar refractivity (Wildman–Crippen MR) is 124 cm³/mol. The van der Waals surface area contributed by atoms with E-state index in [2.05, 4.69) is 58.2 Å². The number of ether oxygens (including phenoxy) is 1. The van der Waals surface area contributed by atoms with Crippen LogP contribution in [0.4, 0.5) is 0 Å². The van der Waals surface area contributed by atoms with E-state index in [-0.39, 0.29) is 5.75 Å². The number of fused-ring (bicyclic) bond motifs is 1. The minimum atomic E-state index is 0.217. The molecule has 3 N–H and O–H groups in total. The molecule has 2 saturated heterocycles. The van der Waals surface area contributed by atoms with Crippen LogP contribution in [0.1, 0.15) is 29.9 Å². The molecule has 0 aromatic heterocycles. The van der Waals surface area contributed by atoms with Crippen molar-refractivity contribution in [3.8, 4) is 11.5 Å². The topological polar surface area (TPSA) is 56.8 Å².